The number of nitrogens with one attached hydrogen (secondary N) is 1. The first kappa shape index (κ1) is 14.5. The van der Waals surface area contributed by atoms with E-state index in [0.717, 1.165) is 39.3 Å². The summed E-state index contributed by atoms with van der Waals surface area (Å²) in [6.45, 7) is 6.24. The van der Waals surface area contributed by atoms with Gasteiger partial charge in [0.25, 0.3) is 0 Å². The maximum atomic E-state index is 4.67. The van der Waals surface area contributed by atoms with Crippen LogP contribution in [0.25, 0.3) is 0 Å². The highest BCUT2D eigenvalue weighted by Crippen LogP contribution is 2.17. The van der Waals surface area contributed by atoms with Crippen molar-refractivity contribution in [3.05, 3.63) is 46.4 Å². The van der Waals surface area contributed by atoms with E-state index in [9.17, 15) is 0 Å². The summed E-state index contributed by atoms with van der Waals surface area (Å²) in [6.07, 6.45) is 0. The largest absolute Gasteiger partial charge is 0.369 e. The molecule has 4 nitrogen and oxygen atoms in total. The van der Waals surface area contributed by atoms with E-state index in [2.05, 4.69) is 55.8 Å². The van der Waals surface area contributed by atoms with E-state index in [-0.39, 0.29) is 0 Å². The number of benzene rings is 1. The lowest BCUT2D eigenvalue weighted by molar-refractivity contribution is 0.247. The maximum Gasteiger partial charge on any atom is 0.107 e. The van der Waals surface area contributed by atoms with Gasteiger partial charge in [0.2, 0.25) is 0 Å². The van der Waals surface area contributed by atoms with Gasteiger partial charge in [0.15, 0.2) is 0 Å². The Hall–Kier alpha value is -1.43. The molecule has 1 aromatic heterocycles. The average Bonchev–Trinajstić information content (AvgIpc) is 2.97. The summed E-state index contributed by atoms with van der Waals surface area (Å²) >= 11 is 1.75. The number of nitrogens with zero attached hydrogens (tertiary/aromatic N) is 3. The van der Waals surface area contributed by atoms with E-state index in [1.54, 1.807) is 11.3 Å². The molecule has 1 aliphatic heterocycles. The number of para-hydroxylation sites is 1. The van der Waals surface area contributed by atoms with Gasteiger partial charge in [0.05, 0.1) is 5.69 Å². The standard InChI is InChI=1S/C16H22N4S/c1-17-11-16-18-14(13-21-16)12-19-7-9-20(10-8-19)15-5-3-2-4-6-15/h2-6,13,17H,7-12H2,1H3. The molecule has 1 aliphatic rings. The molecule has 2 heterocycles. The van der Waals surface area contributed by atoms with Crippen LogP contribution in [0.3, 0.4) is 0 Å². The Kier molecular flexibility index (Phi) is 4.85. The molecule has 0 aliphatic carbocycles. The molecule has 0 atom stereocenters. The number of thiazole rings is 1. The summed E-state index contributed by atoms with van der Waals surface area (Å²) in [7, 11) is 1.96. The summed E-state index contributed by atoms with van der Waals surface area (Å²) in [5.74, 6) is 0. The SMILES string of the molecule is CNCc1nc(CN2CCN(c3ccccc3)CC2)cs1. The molecule has 1 saturated heterocycles. The molecule has 0 radical (unpaired) electrons. The predicted octanol–water partition coefficient (Wildman–Crippen LogP) is 2.18. The van der Waals surface area contributed by atoms with E-state index in [1.807, 2.05) is 7.05 Å². The fourth-order valence-electron chi connectivity index (χ4n) is 2.69. The van der Waals surface area contributed by atoms with Gasteiger partial charge in [0, 0.05) is 50.3 Å². The molecule has 0 unspecified atom stereocenters. The van der Waals surface area contributed by atoms with Gasteiger partial charge < -0.3 is 10.2 Å². The van der Waals surface area contributed by atoms with Crippen LogP contribution in [-0.4, -0.2) is 43.1 Å². The zero-order valence-electron chi connectivity index (χ0n) is 12.5. The first-order valence-corrected chi connectivity index (χ1v) is 8.33. The van der Waals surface area contributed by atoms with Crippen molar-refractivity contribution >= 4 is 17.0 Å². The number of piperazine rings is 1. The topological polar surface area (TPSA) is 31.4 Å². The Morgan fingerprint density at radius 2 is 1.90 bits per heavy atom. The fraction of sp³-hybridized carbons (Fsp3) is 0.438. The summed E-state index contributed by atoms with van der Waals surface area (Å²) in [6, 6.07) is 10.7. The van der Waals surface area contributed by atoms with Crippen molar-refractivity contribution < 1.29 is 0 Å². The lowest BCUT2D eigenvalue weighted by atomic mass is 10.2. The van der Waals surface area contributed by atoms with E-state index in [1.165, 1.54) is 16.4 Å². The third-order valence-electron chi connectivity index (χ3n) is 3.81. The Labute approximate surface area is 130 Å². The first-order chi connectivity index (χ1) is 10.3. The van der Waals surface area contributed by atoms with Crippen LogP contribution in [0.4, 0.5) is 5.69 Å². The lowest BCUT2D eigenvalue weighted by Gasteiger charge is -2.35. The highest BCUT2D eigenvalue weighted by Gasteiger charge is 2.17. The van der Waals surface area contributed by atoms with Gasteiger partial charge in [-0.25, -0.2) is 4.98 Å². The van der Waals surface area contributed by atoms with Crippen LogP contribution in [0.1, 0.15) is 10.7 Å². The molecule has 112 valence electrons. The Morgan fingerprint density at radius 3 is 2.62 bits per heavy atom. The molecule has 0 bridgehead atoms. The molecular weight excluding hydrogens is 280 g/mol. The van der Waals surface area contributed by atoms with Crippen LogP contribution in [0.2, 0.25) is 0 Å². The number of hydrogen-bond acceptors (Lipinski definition) is 5. The van der Waals surface area contributed by atoms with Crippen molar-refractivity contribution in [3.8, 4) is 0 Å². The maximum absolute atomic E-state index is 4.67. The van der Waals surface area contributed by atoms with Gasteiger partial charge >= 0.3 is 0 Å². The van der Waals surface area contributed by atoms with Crippen molar-refractivity contribution in [2.45, 2.75) is 13.1 Å². The minimum atomic E-state index is 0.868. The molecule has 1 fully saturated rings. The molecule has 0 saturated carbocycles. The van der Waals surface area contributed by atoms with Gasteiger partial charge in [-0.15, -0.1) is 11.3 Å². The van der Waals surface area contributed by atoms with Crippen LogP contribution in [0.5, 0.6) is 0 Å². The zero-order valence-corrected chi connectivity index (χ0v) is 13.3. The quantitative estimate of drug-likeness (QED) is 0.917. The van der Waals surface area contributed by atoms with Gasteiger partial charge in [0.1, 0.15) is 5.01 Å². The van der Waals surface area contributed by atoms with E-state index >= 15 is 0 Å². The highest BCUT2D eigenvalue weighted by atomic mass is 32.1. The summed E-state index contributed by atoms with van der Waals surface area (Å²) in [5, 5.41) is 6.52. The average molecular weight is 302 g/mol. The molecule has 3 rings (SSSR count). The molecule has 5 heteroatoms. The van der Waals surface area contributed by atoms with Crippen molar-refractivity contribution in [3.63, 3.8) is 0 Å². The molecule has 2 aromatic rings. The molecule has 1 aromatic carbocycles. The highest BCUT2D eigenvalue weighted by molar-refractivity contribution is 7.09. The number of hydrogen-bond donors (Lipinski definition) is 1. The van der Waals surface area contributed by atoms with Crippen LogP contribution in [0, 0.1) is 0 Å². The smallest absolute Gasteiger partial charge is 0.107 e. The summed E-state index contributed by atoms with van der Waals surface area (Å²) in [5.41, 5.74) is 2.54. The minimum Gasteiger partial charge on any atom is -0.369 e. The van der Waals surface area contributed by atoms with Crippen molar-refractivity contribution in [2.24, 2.45) is 0 Å². The lowest BCUT2D eigenvalue weighted by Crippen LogP contribution is -2.46. The number of rotatable bonds is 5. The molecule has 0 amide bonds. The Morgan fingerprint density at radius 1 is 1.14 bits per heavy atom. The van der Waals surface area contributed by atoms with Gasteiger partial charge in [-0.3, -0.25) is 4.90 Å². The summed E-state index contributed by atoms with van der Waals surface area (Å²) < 4.78 is 0. The van der Waals surface area contributed by atoms with Crippen molar-refractivity contribution in [1.82, 2.24) is 15.2 Å². The van der Waals surface area contributed by atoms with E-state index < -0.39 is 0 Å². The second-order valence-electron chi connectivity index (χ2n) is 5.36. The fourth-order valence-corrected chi connectivity index (χ4v) is 3.48. The van der Waals surface area contributed by atoms with Crippen molar-refractivity contribution in [2.75, 3.05) is 38.1 Å². The zero-order chi connectivity index (χ0) is 14.5. The van der Waals surface area contributed by atoms with E-state index in [0.29, 0.717) is 0 Å². The van der Waals surface area contributed by atoms with Gasteiger partial charge in [-0.1, -0.05) is 18.2 Å². The van der Waals surface area contributed by atoms with Crippen molar-refractivity contribution in [1.29, 1.82) is 0 Å². The van der Waals surface area contributed by atoms with Gasteiger partial charge in [-0.05, 0) is 19.2 Å². The normalized spacial score (nSPS) is 16.3. The minimum absolute atomic E-state index is 0.868. The Balaban J connectivity index is 1.51. The predicted molar refractivity (Wildman–Crippen MR) is 88.8 cm³/mol. The van der Waals surface area contributed by atoms with Gasteiger partial charge in [-0.2, -0.15) is 0 Å². The molecule has 21 heavy (non-hydrogen) atoms. The van der Waals surface area contributed by atoms with Crippen LogP contribution in [0.15, 0.2) is 35.7 Å². The second kappa shape index (κ2) is 7.02. The third kappa shape index (κ3) is 3.81. The first-order valence-electron chi connectivity index (χ1n) is 7.45. The monoisotopic (exact) mass is 302 g/mol. The third-order valence-corrected chi connectivity index (χ3v) is 4.70. The van der Waals surface area contributed by atoms with Crippen LogP contribution < -0.4 is 10.2 Å². The Bertz CT molecular complexity index is 546. The second-order valence-corrected chi connectivity index (χ2v) is 6.30. The molecule has 1 N–H and O–H groups in total. The summed E-state index contributed by atoms with van der Waals surface area (Å²) in [4.78, 5) is 9.63. The number of aromatic nitrogens is 1. The van der Waals surface area contributed by atoms with Crippen LogP contribution >= 0.6 is 11.3 Å². The van der Waals surface area contributed by atoms with Crippen LogP contribution in [-0.2, 0) is 13.1 Å². The van der Waals surface area contributed by atoms with E-state index in [4.69, 9.17) is 0 Å². The number of anilines is 1. The molecule has 0 spiro atoms. The molecular formula is C16H22N4S.